The van der Waals surface area contributed by atoms with Gasteiger partial charge in [0.1, 0.15) is 5.60 Å². The summed E-state index contributed by atoms with van der Waals surface area (Å²) in [7, 11) is 0. The zero-order chi connectivity index (χ0) is 13.3. The maximum atomic E-state index is 11.3. The Morgan fingerprint density at radius 1 is 1.06 bits per heavy atom. The lowest BCUT2D eigenvalue weighted by Crippen LogP contribution is -2.21. The maximum absolute atomic E-state index is 11.3. The van der Waals surface area contributed by atoms with Crippen molar-refractivity contribution in [3.8, 4) is 0 Å². The molecule has 0 N–H and O–H groups in total. The van der Waals surface area contributed by atoms with Crippen LogP contribution in [0.5, 0.6) is 0 Å². The highest BCUT2D eigenvalue weighted by molar-refractivity contribution is 5.68. The van der Waals surface area contributed by atoms with E-state index in [0.717, 1.165) is 18.8 Å². The minimum Gasteiger partial charge on any atom is -0.298 e. The van der Waals surface area contributed by atoms with Crippen molar-refractivity contribution in [1.29, 1.82) is 0 Å². The Balaban J connectivity index is 3.34. The van der Waals surface area contributed by atoms with Crippen LogP contribution in [0.4, 0.5) is 0 Å². The van der Waals surface area contributed by atoms with Gasteiger partial charge in [0.05, 0.1) is 0 Å². The van der Waals surface area contributed by atoms with Crippen molar-refractivity contribution in [2.24, 2.45) is 5.92 Å². The Morgan fingerprint density at radius 3 is 2.18 bits per heavy atom. The lowest BCUT2D eigenvalue weighted by molar-refractivity contribution is -0.320. The summed E-state index contributed by atoms with van der Waals surface area (Å²) in [4.78, 5) is 20.9. The number of unbranched alkanes of at least 4 members (excludes halogenated alkanes) is 3. The molecule has 0 aromatic heterocycles. The third-order valence-corrected chi connectivity index (χ3v) is 2.30. The highest BCUT2D eigenvalue weighted by Crippen LogP contribution is 2.12. The monoisotopic (exact) mass is 244 g/mol. The van der Waals surface area contributed by atoms with Gasteiger partial charge >= 0.3 is 5.97 Å². The van der Waals surface area contributed by atoms with Crippen molar-refractivity contribution in [3.05, 3.63) is 0 Å². The van der Waals surface area contributed by atoms with Gasteiger partial charge in [-0.1, -0.05) is 39.5 Å². The lowest BCUT2D eigenvalue weighted by Gasteiger charge is -2.16. The van der Waals surface area contributed by atoms with Crippen LogP contribution in [0, 0.1) is 5.92 Å². The Labute approximate surface area is 106 Å². The molecule has 0 saturated heterocycles. The Bertz CT molecular complexity index is 204. The molecule has 0 unspecified atom stereocenters. The predicted molar refractivity (Wildman–Crippen MR) is 69.5 cm³/mol. The molecule has 0 aromatic carbocycles. The van der Waals surface area contributed by atoms with Gasteiger partial charge in [0, 0.05) is 6.42 Å². The second-order valence-corrected chi connectivity index (χ2v) is 6.00. The molecule has 102 valence electrons. The summed E-state index contributed by atoms with van der Waals surface area (Å²) in [6, 6.07) is 0. The first-order valence-electron chi connectivity index (χ1n) is 6.70. The van der Waals surface area contributed by atoms with Gasteiger partial charge in [-0.3, -0.25) is 4.89 Å². The lowest BCUT2D eigenvalue weighted by atomic mass is 10.0. The Hall–Kier alpha value is -0.570. The van der Waals surface area contributed by atoms with Crippen LogP contribution < -0.4 is 0 Å². The molecule has 0 aromatic rings. The normalized spacial score (nSPS) is 11.9. The van der Waals surface area contributed by atoms with Crippen molar-refractivity contribution in [2.75, 3.05) is 0 Å². The van der Waals surface area contributed by atoms with Crippen molar-refractivity contribution in [3.63, 3.8) is 0 Å². The summed E-state index contributed by atoms with van der Waals surface area (Å²) in [5.74, 6) is 0.518. The average molecular weight is 244 g/mol. The molecule has 3 heteroatoms. The van der Waals surface area contributed by atoms with Crippen LogP contribution in [0.2, 0.25) is 0 Å². The Kier molecular flexibility index (Phi) is 8.23. The Morgan fingerprint density at radius 2 is 1.65 bits per heavy atom. The molecule has 0 heterocycles. The second-order valence-electron chi connectivity index (χ2n) is 6.00. The van der Waals surface area contributed by atoms with E-state index in [1.165, 1.54) is 19.3 Å². The van der Waals surface area contributed by atoms with E-state index in [4.69, 9.17) is 9.78 Å². The highest BCUT2D eigenvalue weighted by Gasteiger charge is 2.14. The minimum atomic E-state index is -0.424. The van der Waals surface area contributed by atoms with Gasteiger partial charge in [0.25, 0.3) is 0 Å². The first-order chi connectivity index (χ1) is 7.81. The van der Waals surface area contributed by atoms with Crippen molar-refractivity contribution < 1.29 is 14.6 Å². The molecule has 17 heavy (non-hydrogen) atoms. The molecule has 0 amide bonds. The van der Waals surface area contributed by atoms with E-state index < -0.39 is 5.60 Å². The van der Waals surface area contributed by atoms with Crippen molar-refractivity contribution in [2.45, 2.75) is 78.7 Å². The van der Waals surface area contributed by atoms with Crippen LogP contribution in [0.3, 0.4) is 0 Å². The number of carbonyl (C=O) groups excluding carboxylic acids is 1. The van der Waals surface area contributed by atoms with Gasteiger partial charge in [-0.25, -0.2) is 4.79 Å². The van der Waals surface area contributed by atoms with E-state index in [9.17, 15) is 4.79 Å². The molecule has 0 radical (unpaired) electrons. The smallest absolute Gasteiger partial charge is 0.298 e. The quantitative estimate of drug-likeness (QED) is 0.363. The third kappa shape index (κ3) is 13.4. The molecule has 0 aliphatic carbocycles. The average Bonchev–Trinajstić information content (AvgIpc) is 2.19. The van der Waals surface area contributed by atoms with Gasteiger partial charge in [-0.15, -0.1) is 0 Å². The first-order valence-corrected chi connectivity index (χ1v) is 6.70. The largest absolute Gasteiger partial charge is 0.342 e. The van der Waals surface area contributed by atoms with Crippen molar-refractivity contribution in [1.82, 2.24) is 0 Å². The molecule has 0 rings (SSSR count). The van der Waals surface area contributed by atoms with Crippen LogP contribution in [0.25, 0.3) is 0 Å². The molecular weight excluding hydrogens is 216 g/mol. The fourth-order valence-electron chi connectivity index (χ4n) is 1.39. The van der Waals surface area contributed by atoms with E-state index in [2.05, 4.69) is 13.8 Å². The molecule has 0 saturated carbocycles. The molecule has 0 aliphatic rings. The molecule has 0 bridgehead atoms. The predicted octanol–water partition coefficient (Wildman–Crippen LogP) is 4.26. The number of hydrogen-bond donors (Lipinski definition) is 0. The fourth-order valence-corrected chi connectivity index (χ4v) is 1.39. The highest BCUT2D eigenvalue weighted by atomic mass is 17.2. The topological polar surface area (TPSA) is 35.5 Å². The van der Waals surface area contributed by atoms with Gasteiger partial charge in [0.15, 0.2) is 0 Å². The maximum Gasteiger partial charge on any atom is 0.342 e. The van der Waals surface area contributed by atoms with E-state index >= 15 is 0 Å². The number of carbonyl (C=O) groups is 1. The summed E-state index contributed by atoms with van der Waals surface area (Å²) >= 11 is 0. The molecular formula is C14H28O3. The van der Waals surface area contributed by atoms with E-state index in [1.807, 2.05) is 20.8 Å². The molecule has 0 spiro atoms. The van der Waals surface area contributed by atoms with Crippen LogP contribution in [-0.4, -0.2) is 11.6 Å². The summed E-state index contributed by atoms with van der Waals surface area (Å²) in [5.41, 5.74) is -0.424. The molecule has 0 atom stereocenters. The fraction of sp³-hybridized carbons (Fsp3) is 0.929. The van der Waals surface area contributed by atoms with Gasteiger partial charge in [-0.2, -0.15) is 4.89 Å². The zero-order valence-corrected chi connectivity index (χ0v) is 12.0. The zero-order valence-electron chi connectivity index (χ0n) is 12.0. The van der Waals surface area contributed by atoms with Gasteiger partial charge < -0.3 is 0 Å². The second kappa shape index (κ2) is 8.51. The summed E-state index contributed by atoms with van der Waals surface area (Å²) in [6.07, 6.45) is 6.17. The molecule has 0 aliphatic heterocycles. The van der Waals surface area contributed by atoms with Gasteiger partial charge in [0.2, 0.25) is 0 Å². The first kappa shape index (κ1) is 16.4. The van der Waals surface area contributed by atoms with Crippen LogP contribution >= 0.6 is 0 Å². The van der Waals surface area contributed by atoms with Crippen LogP contribution in [-0.2, 0) is 14.6 Å². The minimum absolute atomic E-state index is 0.260. The standard InChI is InChI=1S/C14H28O3/c1-12(2)10-8-6-7-9-11-13(15)16-17-14(3,4)5/h12H,6-11H2,1-5H3. The molecule has 0 fully saturated rings. The number of rotatable bonds is 8. The van der Waals surface area contributed by atoms with E-state index in [0.29, 0.717) is 6.42 Å². The summed E-state index contributed by atoms with van der Waals surface area (Å²) < 4.78 is 0. The SMILES string of the molecule is CC(C)CCCCCCC(=O)OOC(C)(C)C. The van der Waals surface area contributed by atoms with Crippen LogP contribution in [0.1, 0.15) is 73.1 Å². The van der Waals surface area contributed by atoms with E-state index in [-0.39, 0.29) is 5.97 Å². The summed E-state index contributed by atoms with van der Waals surface area (Å²) in [6.45, 7) is 10.0. The number of hydrogen-bond acceptors (Lipinski definition) is 3. The third-order valence-electron chi connectivity index (χ3n) is 2.30. The van der Waals surface area contributed by atoms with Gasteiger partial charge in [-0.05, 0) is 33.1 Å². The van der Waals surface area contributed by atoms with Crippen LogP contribution in [0.15, 0.2) is 0 Å². The van der Waals surface area contributed by atoms with E-state index in [1.54, 1.807) is 0 Å². The van der Waals surface area contributed by atoms with Crippen molar-refractivity contribution >= 4 is 5.97 Å². The summed E-state index contributed by atoms with van der Waals surface area (Å²) in [5, 5.41) is 0. The molecule has 3 nitrogen and oxygen atoms in total.